The molecule has 1 unspecified atom stereocenters. The fourth-order valence-electron chi connectivity index (χ4n) is 2.63. The molecule has 1 aromatic carbocycles. The quantitative estimate of drug-likeness (QED) is 0.845. The Morgan fingerprint density at radius 1 is 1.37 bits per heavy atom. The fourth-order valence-corrected chi connectivity index (χ4v) is 3.01. The lowest BCUT2D eigenvalue weighted by Gasteiger charge is -2.24. The summed E-state index contributed by atoms with van der Waals surface area (Å²) in [6.45, 7) is 1.05. The Bertz CT molecular complexity index is 419. The molecule has 104 valence electrons. The van der Waals surface area contributed by atoms with Crippen LogP contribution < -0.4 is 0 Å². The smallest absolute Gasteiger partial charge is 0.254 e. The second-order valence-electron chi connectivity index (χ2n) is 4.99. The van der Waals surface area contributed by atoms with Crippen LogP contribution in [0.3, 0.4) is 0 Å². The maximum absolute atomic E-state index is 12.5. The fraction of sp³-hybridized carbons (Fsp3) is 0.533. The molecule has 0 aliphatic carbocycles. The summed E-state index contributed by atoms with van der Waals surface area (Å²) in [6.07, 6.45) is 3.81. The molecule has 2 rings (SSSR count). The minimum Gasteiger partial charge on any atom is -0.396 e. The number of hydrogen-bond donors (Lipinski definition) is 1. The van der Waals surface area contributed by atoms with Gasteiger partial charge in [-0.15, -0.1) is 0 Å². The molecule has 4 heteroatoms. The number of rotatable bonds is 5. The minimum atomic E-state index is 0.126. The molecule has 1 fully saturated rings. The van der Waals surface area contributed by atoms with Gasteiger partial charge in [-0.05, 0) is 43.4 Å². The van der Waals surface area contributed by atoms with E-state index in [1.54, 1.807) is 0 Å². The molecule has 1 N–H and O–H groups in total. The molecule has 1 aliphatic rings. The Hall–Kier alpha value is -0.870. The van der Waals surface area contributed by atoms with Crippen LogP contribution in [0, 0.1) is 0 Å². The normalized spacial score (nSPS) is 18.8. The van der Waals surface area contributed by atoms with Gasteiger partial charge in [0.05, 0.1) is 0 Å². The SMILES string of the molecule is O=C(c1ccc(CBr)cc1)N1CCCC1CCCO. The zero-order valence-electron chi connectivity index (χ0n) is 11.0. The zero-order valence-corrected chi connectivity index (χ0v) is 12.6. The minimum absolute atomic E-state index is 0.126. The first-order chi connectivity index (χ1) is 9.26. The summed E-state index contributed by atoms with van der Waals surface area (Å²) in [6, 6.07) is 8.08. The van der Waals surface area contributed by atoms with Crippen molar-refractivity contribution in [3.8, 4) is 0 Å². The van der Waals surface area contributed by atoms with E-state index in [4.69, 9.17) is 5.11 Å². The van der Waals surface area contributed by atoms with E-state index in [2.05, 4.69) is 15.9 Å². The molecular weight excluding hydrogens is 306 g/mol. The van der Waals surface area contributed by atoms with Gasteiger partial charge < -0.3 is 10.0 Å². The third-order valence-corrected chi connectivity index (χ3v) is 4.34. The van der Waals surface area contributed by atoms with Crippen LogP contribution in [-0.2, 0) is 5.33 Å². The van der Waals surface area contributed by atoms with Gasteiger partial charge in [-0.2, -0.15) is 0 Å². The molecule has 1 aromatic rings. The number of aliphatic hydroxyl groups is 1. The number of hydrogen-bond acceptors (Lipinski definition) is 2. The standard InChI is InChI=1S/C15H20BrNO2/c16-11-12-5-7-13(8-6-12)15(19)17-9-1-3-14(17)4-2-10-18/h5-8,14,18H,1-4,9-11H2. The van der Waals surface area contributed by atoms with Crippen molar-refractivity contribution in [2.75, 3.05) is 13.2 Å². The van der Waals surface area contributed by atoms with Gasteiger partial charge in [-0.3, -0.25) is 4.79 Å². The Morgan fingerprint density at radius 2 is 2.11 bits per heavy atom. The molecule has 1 atom stereocenters. The maximum Gasteiger partial charge on any atom is 0.254 e. The van der Waals surface area contributed by atoms with Crippen molar-refractivity contribution in [1.29, 1.82) is 0 Å². The first kappa shape index (κ1) is 14.5. The lowest BCUT2D eigenvalue weighted by molar-refractivity contribution is 0.0724. The van der Waals surface area contributed by atoms with Crippen LogP contribution >= 0.6 is 15.9 Å². The third kappa shape index (κ3) is 3.57. The molecule has 0 spiro atoms. The molecule has 1 amide bonds. The predicted octanol–water partition coefficient (Wildman–Crippen LogP) is 2.96. The average Bonchev–Trinajstić information content (AvgIpc) is 2.92. The van der Waals surface area contributed by atoms with E-state index < -0.39 is 0 Å². The van der Waals surface area contributed by atoms with Gasteiger partial charge in [0, 0.05) is 30.1 Å². The van der Waals surface area contributed by atoms with Gasteiger partial charge in [0.15, 0.2) is 0 Å². The third-order valence-electron chi connectivity index (χ3n) is 3.69. The monoisotopic (exact) mass is 325 g/mol. The van der Waals surface area contributed by atoms with Crippen molar-refractivity contribution in [2.24, 2.45) is 0 Å². The molecule has 19 heavy (non-hydrogen) atoms. The van der Waals surface area contributed by atoms with E-state index in [1.165, 1.54) is 5.56 Å². The number of aliphatic hydroxyl groups excluding tert-OH is 1. The van der Waals surface area contributed by atoms with Crippen molar-refractivity contribution in [2.45, 2.75) is 37.1 Å². The van der Waals surface area contributed by atoms with Gasteiger partial charge in [0.2, 0.25) is 0 Å². The number of alkyl halides is 1. The summed E-state index contributed by atoms with van der Waals surface area (Å²) in [4.78, 5) is 14.4. The number of likely N-dealkylation sites (tertiary alicyclic amines) is 1. The Morgan fingerprint density at radius 3 is 2.74 bits per heavy atom. The Kier molecular flexibility index (Phi) is 5.40. The number of carbonyl (C=O) groups excluding carboxylic acids is 1. The number of carbonyl (C=O) groups is 1. The van der Waals surface area contributed by atoms with Crippen LogP contribution in [0.15, 0.2) is 24.3 Å². The van der Waals surface area contributed by atoms with Gasteiger partial charge in [-0.25, -0.2) is 0 Å². The first-order valence-electron chi connectivity index (χ1n) is 6.83. The highest BCUT2D eigenvalue weighted by atomic mass is 79.9. The number of halogens is 1. The molecular formula is C15H20BrNO2. The highest BCUT2D eigenvalue weighted by Gasteiger charge is 2.28. The van der Waals surface area contributed by atoms with E-state index in [0.29, 0.717) is 6.04 Å². The van der Waals surface area contributed by atoms with Crippen LogP contribution in [0.4, 0.5) is 0 Å². The lowest BCUT2D eigenvalue weighted by Crippen LogP contribution is -2.35. The van der Waals surface area contributed by atoms with Crippen LogP contribution in [0.5, 0.6) is 0 Å². The number of nitrogens with zero attached hydrogens (tertiary/aromatic N) is 1. The molecule has 1 saturated heterocycles. The van der Waals surface area contributed by atoms with Gasteiger partial charge >= 0.3 is 0 Å². The van der Waals surface area contributed by atoms with Crippen LogP contribution in [0.2, 0.25) is 0 Å². The Labute approximate surface area is 122 Å². The van der Waals surface area contributed by atoms with E-state index in [0.717, 1.165) is 43.1 Å². The maximum atomic E-state index is 12.5. The van der Waals surface area contributed by atoms with Gasteiger partial charge in [0.1, 0.15) is 0 Å². The largest absolute Gasteiger partial charge is 0.396 e. The topological polar surface area (TPSA) is 40.5 Å². The van der Waals surface area contributed by atoms with Crippen molar-refractivity contribution in [3.63, 3.8) is 0 Å². The highest BCUT2D eigenvalue weighted by Crippen LogP contribution is 2.23. The summed E-state index contributed by atoms with van der Waals surface area (Å²) < 4.78 is 0. The zero-order chi connectivity index (χ0) is 13.7. The summed E-state index contributed by atoms with van der Waals surface area (Å²) in [7, 11) is 0. The van der Waals surface area contributed by atoms with Crippen LogP contribution in [0.25, 0.3) is 0 Å². The summed E-state index contributed by atoms with van der Waals surface area (Å²) in [5.74, 6) is 0.126. The molecule has 0 bridgehead atoms. The molecule has 1 aliphatic heterocycles. The Balaban J connectivity index is 2.04. The van der Waals surface area contributed by atoms with E-state index in [1.807, 2.05) is 29.2 Å². The molecule has 3 nitrogen and oxygen atoms in total. The summed E-state index contributed by atoms with van der Waals surface area (Å²) in [5.41, 5.74) is 1.94. The molecule has 0 aromatic heterocycles. The van der Waals surface area contributed by atoms with Crippen LogP contribution in [-0.4, -0.2) is 35.1 Å². The molecule has 0 saturated carbocycles. The van der Waals surface area contributed by atoms with Crippen molar-refractivity contribution in [3.05, 3.63) is 35.4 Å². The van der Waals surface area contributed by atoms with E-state index >= 15 is 0 Å². The van der Waals surface area contributed by atoms with Gasteiger partial charge in [0.25, 0.3) is 5.91 Å². The predicted molar refractivity (Wildman–Crippen MR) is 79.5 cm³/mol. The summed E-state index contributed by atoms with van der Waals surface area (Å²) in [5, 5.41) is 9.73. The molecule has 1 heterocycles. The van der Waals surface area contributed by atoms with E-state index in [-0.39, 0.29) is 12.5 Å². The number of benzene rings is 1. The summed E-state index contributed by atoms with van der Waals surface area (Å²) >= 11 is 3.40. The first-order valence-corrected chi connectivity index (χ1v) is 7.95. The van der Waals surface area contributed by atoms with Gasteiger partial charge in [-0.1, -0.05) is 28.1 Å². The number of amides is 1. The van der Waals surface area contributed by atoms with Crippen LogP contribution in [0.1, 0.15) is 41.6 Å². The second kappa shape index (κ2) is 7.06. The average molecular weight is 326 g/mol. The lowest BCUT2D eigenvalue weighted by atomic mass is 10.1. The van der Waals surface area contributed by atoms with E-state index in [9.17, 15) is 4.79 Å². The van der Waals surface area contributed by atoms with Crippen molar-refractivity contribution in [1.82, 2.24) is 4.90 Å². The van der Waals surface area contributed by atoms with Crippen molar-refractivity contribution < 1.29 is 9.90 Å². The molecule has 0 radical (unpaired) electrons. The second-order valence-corrected chi connectivity index (χ2v) is 5.55. The van der Waals surface area contributed by atoms with Crippen molar-refractivity contribution >= 4 is 21.8 Å². The highest BCUT2D eigenvalue weighted by molar-refractivity contribution is 9.08.